The highest BCUT2D eigenvalue weighted by Crippen LogP contribution is 2.34. The Hall–Kier alpha value is -3.49. The number of para-hydroxylation sites is 1. The highest BCUT2D eigenvalue weighted by atomic mass is 127. The predicted octanol–water partition coefficient (Wildman–Crippen LogP) is 5.83. The van der Waals surface area contributed by atoms with Crippen LogP contribution < -0.4 is 25.5 Å². The van der Waals surface area contributed by atoms with Crippen molar-refractivity contribution < 1.29 is 23.8 Å². The Morgan fingerprint density at radius 1 is 1.12 bits per heavy atom. The van der Waals surface area contributed by atoms with E-state index in [-0.39, 0.29) is 13.2 Å². The van der Waals surface area contributed by atoms with Gasteiger partial charge in [0.15, 0.2) is 11.7 Å². The molecule has 3 N–H and O–H groups in total. The number of esters is 1. The minimum Gasteiger partial charge on any atom is -0.487 e. The van der Waals surface area contributed by atoms with E-state index in [0.717, 1.165) is 24.9 Å². The molecule has 0 unspecified atom stereocenters. The molecule has 0 spiro atoms. The van der Waals surface area contributed by atoms with Crippen LogP contribution in [-0.4, -0.2) is 36.4 Å². The van der Waals surface area contributed by atoms with Gasteiger partial charge < -0.3 is 24.8 Å². The normalized spacial score (nSPS) is 14.6. The summed E-state index contributed by atoms with van der Waals surface area (Å²) in [6.07, 6.45) is 1.54. The Bertz CT molecular complexity index is 1560. The van der Waals surface area contributed by atoms with E-state index in [1.165, 1.54) is 5.56 Å². The monoisotopic (exact) mass is 776 g/mol. The van der Waals surface area contributed by atoms with Crippen LogP contribution in [0.25, 0.3) is 0 Å². The summed E-state index contributed by atoms with van der Waals surface area (Å²) in [4.78, 5) is 25.3. The third kappa shape index (κ3) is 8.77. The summed E-state index contributed by atoms with van der Waals surface area (Å²) in [5.74, 6) is 0.221. The molecular weight excluding hydrogens is 747 g/mol. The predicted molar refractivity (Wildman–Crippen MR) is 181 cm³/mol. The highest BCUT2D eigenvalue weighted by molar-refractivity contribution is 14.1. The first-order valence-corrected chi connectivity index (χ1v) is 15.6. The number of carbonyl (C=O) groups excluding carboxylic acids is 2. The van der Waals surface area contributed by atoms with Crippen LogP contribution in [0.15, 0.2) is 81.5 Å². The second-order valence-corrected chi connectivity index (χ2v) is 11.9. The Morgan fingerprint density at radius 2 is 1.86 bits per heavy atom. The van der Waals surface area contributed by atoms with Gasteiger partial charge in [0.05, 0.1) is 32.5 Å². The van der Waals surface area contributed by atoms with Crippen molar-refractivity contribution in [3.05, 3.63) is 102 Å². The van der Waals surface area contributed by atoms with E-state index in [4.69, 9.17) is 26.4 Å². The van der Waals surface area contributed by atoms with Crippen molar-refractivity contribution in [2.24, 2.45) is 5.10 Å². The summed E-state index contributed by atoms with van der Waals surface area (Å²) in [7, 11) is 0. The van der Waals surface area contributed by atoms with E-state index in [1.807, 2.05) is 37.3 Å². The van der Waals surface area contributed by atoms with Crippen LogP contribution in [-0.2, 0) is 20.9 Å². The summed E-state index contributed by atoms with van der Waals surface area (Å²) < 4.78 is 18.8. The fraction of sp³-hybridized carbons (Fsp3) is 0.226. The van der Waals surface area contributed by atoms with Gasteiger partial charge in [0.25, 0.3) is 5.91 Å². The van der Waals surface area contributed by atoms with E-state index in [2.05, 4.69) is 71.8 Å². The molecule has 1 aliphatic rings. The number of rotatable bonds is 11. The van der Waals surface area contributed by atoms with Crippen molar-refractivity contribution in [1.82, 2.24) is 16.1 Å². The Balaban J connectivity index is 1.37. The molecular formula is C31H30BrIN4O5S. The standard InChI is InChI=1S/C31H30BrIN4O5S/c1-4-40-30(39)27-19(3)35-31(43)36-28(27)22-7-5-6-8-25(22)41-17-26(38)37-34-15-21-13-23(32)29(24(33)14-21)42-16-20-11-9-18(2)10-12-20/h5-15,28H,4,16-17H2,1-3H3,(H,37,38)(H2,35,36,43)/t28-/m0/s1. The number of halogens is 2. The number of nitrogens with zero attached hydrogens (tertiary/aromatic N) is 1. The zero-order valence-corrected chi connectivity index (χ0v) is 28.3. The van der Waals surface area contributed by atoms with Crippen LogP contribution >= 0.6 is 50.7 Å². The van der Waals surface area contributed by atoms with E-state index in [0.29, 0.717) is 34.3 Å². The van der Waals surface area contributed by atoms with Crippen molar-refractivity contribution in [3.8, 4) is 11.5 Å². The summed E-state index contributed by atoms with van der Waals surface area (Å²) in [6.45, 7) is 5.93. The van der Waals surface area contributed by atoms with Gasteiger partial charge in [-0.05, 0) is 101 Å². The maximum absolute atomic E-state index is 12.7. The second kappa shape index (κ2) is 15.3. The van der Waals surface area contributed by atoms with E-state index >= 15 is 0 Å². The maximum Gasteiger partial charge on any atom is 0.338 e. The molecule has 0 saturated carbocycles. The molecule has 0 fully saturated rings. The lowest BCUT2D eigenvalue weighted by Crippen LogP contribution is -2.45. The lowest BCUT2D eigenvalue weighted by Gasteiger charge is -2.30. The molecule has 4 rings (SSSR count). The molecule has 1 amide bonds. The minimum absolute atomic E-state index is 0.230. The number of hydrogen-bond donors (Lipinski definition) is 3. The molecule has 12 heteroatoms. The van der Waals surface area contributed by atoms with Gasteiger partial charge in [0, 0.05) is 11.3 Å². The van der Waals surface area contributed by atoms with E-state index in [1.54, 1.807) is 38.3 Å². The van der Waals surface area contributed by atoms with Crippen LogP contribution in [0.4, 0.5) is 0 Å². The van der Waals surface area contributed by atoms with Crippen LogP contribution in [0, 0.1) is 10.5 Å². The maximum atomic E-state index is 12.7. The zero-order valence-electron chi connectivity index (χ0n) is 23.7. The van der Waals surface area contributed by atoms with Crippen molar-refractivity contribution >= 4 is 73.9 Å². The lowest BCUT2D eigenvalue weighted by atomic mass is 9.95. The Kier molecular flexibility index (Phi) is 11.5. The fourth-order valence-corrected chi connectivity index (χ4v) is 6.28. The number of benzene rings is 3. The SMILES string of the molecule is CCOC(=O)C1=C(C)NC(=S)N[C@H]1c1ccccc1OCC(=O)NN=Cc1cc(Br)c(OCc2ccc(C)cc2)c(I)c1. The largest absolute Gasteiger partial charge is 0.487 e. The first-order chi connectivity index (χ1) is 20.7. The molecule has 0 aliphatic carbocycles. The molecule has 3 aromatic rings. The molecule has 0 aromatic heterocycles. The van der Waals surface area contributed by atoms with Crippen molar-refractivity contribution in [1.29, 1.82) is 0 Å². The number of allylic oxidation sites excluding steroid dienone is 1. The average Bonchev–Trinajstić information content (AvgIpc) is 2.96. The van der Waals surface area contributed by atoms with Gasteiger partial charge in [-0.25, -0.2) is 10.2 Å². The Labute approximate surface area is 277 Å². The van der Waals surface area contributed by atoms with Crippen LogP contribution in [0.3, 0.4) is 0 Å². The number of ether oxygens (including phenoxy) is 3. The minimum atomic E-state index is -0.616. The first kappa shape index (κ1) is 32.4. The third-order valence-corrected chi connectivity index (χ3v) is 7.89. The molecule has 3 aromatic carbocycles. The molecule has 1 heterocycles. The molecule has 1 atom stereocenters. The topological polar surface area (TPSA) is 110 Å². The van der Waals surface area contributed by atoms with Gasteiger partial charge in [-0.2, -0.15) is 5.10 Å². The molecule has 1 aliphatic heterocycles. The van der Waals surface area contributed by atoms with Gasteiger partial charge >= 0.3 is 5.97 Å². The summed E-state index contributed by atoms with van der Waals surface area (Å²) in [6, 6.07) is 18.5. The zero-order chi connectivity index (χ0) is 30.9. The van der Waals surface area contributed by atoms with Gasteiger partial charge in [-0.15, -0.1) is 0 Å². The number of aryl methyl sites for hydroxylation is 1. The molecule has 0 saturated heterocycles. The molecule has 224 valence electrons. The Morgan fingerprint density at radius 3 is 2.58 bits per heavy atom. The van der Waals surface area contributed by atoms with E-state index < -0.39 is 17.9 Å². The average molecular weight is 777 g/mol. The fourth-order valence-electron chi connectivity index (χ4n) is 4.24. The van der Waals surface area contributed by atoms with Crippen molar-refractivity contribution in [2.75, 3.05) is 13.2 Å². The highest BCUT2D eigenvalue weighted by Gasteiger charge is 2.32. The number of amides is 1. The van der Waals surface area contributed by atoms with Crippen LogP contribution in [0.1, 0.15) is 42.1 Å². The smallest absolute Gasteiger partial charge is 0.338 e. The lowest BCUT2D eigenvalue weighted by molar-refractivity contribution is -0.139. The van der Waals surface area contributed by atoms with E-state index in [9.17, 15) is 9.59 Å². The number of nitrogens with one attached hydrogen (secondary N) is 3. The van der Waals surface area contributed by atoms with Crippen LogP contribution in [0.2, 0.25) is 0 Å². The third-order valence-electron chi connectivity index (χ3n) is 6.28. The first-order valence-electron chi connectivity index (χ1n) is 13.3. The van der Waals surface area contributed by atoms with Crippen molar-refractivity contribution in [3.63, 3.8) is 0 Å². The molecule has 0 radical (unpaired) electrons. The van der Waals surface area contributed by atoms with Gasteiger partial charge in [0.2, 0.25) is 0 Å². The van der Waals surface area contributed by atoms with Gasteiger partial charge in [-0.3, -0.25) is 4.79 Å². The summed E-state index contributed by atoms with van der Waals surface area (Å²) in [5.41, 5.74) is 7.13. The van der Waals surface area contributed by atoms with Crippen molar-refractivity contribution in [2.45, 2.75) is 33.4 Å². The summed E-state index contributed by atoms with van der Waals surface area (Å²) >= 11 is 11.1. The molecule has 43 heavy (non-hydrogen) atoms. The quantitative estimate of drug-likeness (QED) is 0.0735. The number of carbonyl (C=O) groups is 2. The molecule has 0 bridgehead atoms. The van der Waals surface area contributed by atoms with Crippen LogP contribution in [0.5, 0.6) is 11.5 Å². The second-order valence-electron chi connectivity index (χ2n) is 9.50. The molecule has 9 nitrogen and oxygen atoms in total. The number of hydrogen-bond acceptors (Lipinski definition) is 7. The van der Waals surface area contributed by atoms with Gasteiger partial charge in [0.1, 0.15) is 18.1 Å². The number of thiocarbonyl (C=S) groups is 1. The number of hydrazone groups is 1. The summed E-state index contributed by atoms with van der Waals surface area (Å²) in [5, 5.41) is 10.5. The van der Waals surface area contributed by atoms with Gasteiger partial charge in [-0.1, -0.05) is 48.0 Å².